The number of carbonyl (C=O) groups is 1. The molecule has 1 aromatic rings. The predicted octanol–water partition coefficient (Wildman–Crippen LogP) is 1.83. The maximum atomic E-state index is 13.7. The van der Waals surface area contributed by atoms with Gasteiger partial charge in [-0.1, -0.05) is 0 Å². The summed E-state index contributed by atoms with van der Waals surface area (Å²) in [6, 6.07) is 1.56. The second-order valence-electron chi connectivity index (χ2n) is 5.49. The van der Waals surface area contributed by atoms with E-state index in [1.807, 2.05) is 0 Å². The number of amides is 1. The van der Waals surface area contributed by atoms with Crippen LogP contribution in [-0.4, -0.2) is 22.2 Å². The highest BCUT2D eigenvalue weighted by Gasteiger charge is 2.37. The zero-order valence-electron chi connectivity index (χ0n) is 11.3. The van der Waals surface area contributed by atoms with Gasteiger partial charge in [-0.15, -0.1) is 0 Å². The van der Waals surface area contributed by atoms with E-state index in [1.54, 1.807) is 13.8 Å². The molecule has 0 spiro atoms. The molecule has 1 aromatic carbocycles. The van der Waals surface area contributed by atoms with E-state index in [0.717, 1.165) is 12.1 Å². The maximum absolute atomic E-state index is 13.7. The molecule has 6 heteroatoms. The van der Waals surface area contributed by atoms with Crippen LogP contribution in [0.15, 0.2) is 12.1 Å². The zero-order chi connectivity index (χ0) is 15.0. The normalized spacial score (nSPS) is 12.4. The van der Waals surface area contributed by atoms with Crippen molar-refractivity contribution < 1.29 is 18.7 Å². The summed E-state index contributed by atoms with van der Waals surface area (Å²) in [4.78, 5) is 11.9. The molecule has 0 heterocycles. The van der Waals surface area contributed by atoms with Crippen LogP contribution in [-0.2, 0) is 0 Å². The molecule has 0 saturated heterocycles. The third kappa shape index (κ3) is 3.20. The van der Waals surface area contributed by atoms with Crippen molar-refractivity contribution in [1.29, 1.82) is 0 Å². The number of rotatable bonds is 3. The van der Waals surface area contributed by atoms with E-state index >= 15 is 0 Å². The Labute approximate surface area is 110 Å². The highest BCUT2D eigenvalue weighted by molar-refractivity contribution is 5.96. The van der Waals surface area contributed by atoms with Gasteiger partial charge in [-0.25, -0.2) is 8.78 Å². The fourth-order valence-corrected chi connectivity index (χ4v) is 1.28. The van der Waals surface area contributed by atoms with Gasteiger partial charge < -0.3 is 16.2 Å². The van der Waals surface area contributed by atoms with Crippen LogP contribution in [0.5, 0.6) is 0 Å². The van der Waals surface area contributed by atoms with Gasteiger partial charge in [0.1, 0.15) is 5.82 Å². The van der Waals surface area contributed by atoms with Gasteiger partial charge in [0.25, 0.3) is 5.91 Å². The lowest BCUT2D eigenvalue weighted by atomic mass is 9.85. The molecule has 4 N–H and O–H groups in total. The van der Waals surface area contributed by atoms with Gasteiger partial charge in [0.05, 0.1) is 22.4 Å². The number of hydrogen-bond donors (Lipinski definition) is 3. The van der Waals surface area contributed by atoms with Crippen LogP contribution in [0.4, 0.5) is 14.5 Å². The molecule has 0 aliphatic rings. The molecule has 1 rings (SSSR count). The third-order valence-electron chi connectivity index (χ3n) is 3.27. The minimum atomic E-state index is -1.24. The Morgan fingerprint density at radius 2 is 1.79 bits per heavy atom. The summed E-state index contributed by atoms with van der Waals surface area (Å²) in [5.74, 6) is -2.62. The van der Waals surface area contributed by atoms with Crippen molar-refractivity contribution in [2.75, 3.05) is 5.73 Å². The molecule has 1 amide bonds. The molecule has 106 valence electrons. The summed E-state index contributed by atoms with van der Waals surface area (Å²) in [5.41, 5.74) is 2.07. The first-order valence-electron chi connectivity index (χ1n) is 5.75. The standard InChI is InChI=1S/C13H18F2N2O2/c1-12(2,13(3,4)19)17-11(18)8-5-7(14)6-9(16)10(8)15/h5-6,19H,16H2,1-4H3,(H,17,18). The topological polar surface area (TPSA) is 75.3 Å². The highest BCUT2D eigenvalue weighted by Crippen LogP contribution is 2.23. The lowest BCUT2D eigenvalue weighted by Crippen LogP contribution is -2.57. The van der Waals surface area contributed by atoms with Crippen LogP contribution < -0.4 is 11.1 Å². The number of nitrogens with two attached hydrogens (primary N) is 1. The summed E-state index contributed by atoms with van der Waals surface area (Å²) >= 11 is 0. The van der Waals surface area contributed by atoms with Gasteiger partial charge >= 0.3 is 0 Å². The molecule has 0 aliphatic heterocycles. The third-order valence-corrected chi connectivity index (χ3v) is 3.27. The van der Waals surface area contributed by atoms with Gasteiger partial charge in [-0.05, 0) is 39.8 Å². The minimum absolute atomic E-state index is 0.439. The molecule has 0 fully saturated rings. The molecule has 0 aromatic heterocycles. The van der Waals surface area contributed by atoms with Gasteiger partial charge in [0.2, 0.25) is 0 Å². The van der Waals surface area contributed by atoms with Crippen LogP contribution in [0.2, 0.25) is 0 Å². The van der Waals surface area contributed by atoms with E-state index in [9.17, 15) is 18.7 Å². The fraction of sp³-hybridized carbons (Fsp3) is 0.462. The van der Waals surface area contributed by atoms with E-state index in [2.05, 4.69) is 5.32 Å². The predicted molar refractivity (Wildman–Crippen MR) is 68.6 cm³/mol. The average Bonchev–Trinajstić information content (AvgIpc) is 2.20. The first-order chi connectivity index (χ1) is 8.45. The smallest absolute Gasteiger partial charge is 0.254 e. The lowest BCUT2D eigenvalue weighted by Gasteiger charge is -2.38. The largest absolute Gasteiger partial charge is 0.396 e. The molecule has 0 atom stereocenters. The minimum Gasteiger partial charge on any atom is -0.396 e. The van der Waals surface area contributed by atoms with Crippen LogP contribution in [0.3, 0.4) is 0 Å². The highest BCUT2D eigenvalue weighted by atomic mass is 19.1. The van der Waals surface area contributed by atoms with Crippen LogP contribution >= 0.6 is 0 Å². The lowest BCUT2D eigenvalue weighted by molar-refractivity contribution is -0.00300. The van der Waals surface area contributed by atoms with Crippen molar-refractivity contribution in [3.8, 4) is 0 Å². The van der Waals surface area contributed by atoms with Crippen molar-refractivity contribution in [3.63, 3.8) is 0 Å². The molecule has 0 saturated carbocycles. The molecule has 4 nitrogen and oxygen atoms in total. The quantitative estimate of drug-likeness (QED) is 0.735. The Kier molecular flexibility index (Phi) is 3.86. The van der Waals surface area contributed by atoms with E-state index in [-0.39, 0.29) is 0 Å². The van der Waals surface area contributed by atoms with Crippen LogP contribution in [0.25, 0.3) is 0 Å². The molecule has 19 heavy (non-hydrogen) atoms. The number of anilines is 1. The summed E-state index contributed by atoms with van der Waals surface area (Å²) in [6.45, 7) is 6.16. The Balaban J connectivity index is 3.10. The maximum Gasteiger partial charge on any atom is 0.254 e. The SMILES string of the molecule is CC(C)(O)C(C)(C)NC(=O)c1cc(F)cc(N)c1F. The van der Waals surface area contributed by atoms with Crippen molar-refractivity contribution in [2.45, 2.75) is 38.8 Å². The van der Waals surface area contributed by atoms with Gasteiger partial charge in [0, 0.05) is 0 Å². The number of hydrogen-bond acceptors (Lipinski definition) is 3. The van der Waals surface area contributed by atoms with E-state index in [1.165, 1.54) is 13.8 Å². The van der Waals surface area contributed by atoms with Gasteiger partial charge in [-0.3, -0.25) is 4.79 Å². The van der Waals surface area contributed by atoms with E-state index in [0.29, 0.717) is 0 Å². The fourth-order valence-electron chi connectivity index (χ4n) is 1.28. The first kappa shape index (κ1) is 15.4. The second kappa shape index (κ2) is 4.77. The van der Waals surface area contributed by atoms with Crippen LogP contribution in [0.1, 0.15) is 38.1 Å². The Hall–Kier alpha value is -1.69. The van der Waals surface area contributed by atoms with Crippen molar-refractivity contribution in [2.24, 2.45) is 0 Å². The second-order valence-corrected chi connectivity index (χ2v) is 5.49. The van der Waals surface area contributed by atoms with Crippen LogP contribution in [0, 0.1) is 11.6 Å². The molecular formula is C13H18F2N2O2. The molecule has 0 aliphatic carbocycles. The monoisotopic (exact) mass is 272 g/mol. The van der Waals surface area contributed by atoms with Gasteiger partial charge in [0.15, 0.2) is 5.82 Å². The summed E-state index contributed by atoms with van der Waals surface area (Å²) in [6.07, 6.45) is 0. The summed E-state index contributed by atoms with van der Waals surface area (Å²) in [5, 5.41) is 12.4. The Morgan fingerprint density at radius 3 is 2.26 bits per heavy atom. The number of nitrogen functional groups attached to an aromatic ring is 1. The number of carbonyl (C=O) groups excluding carboxylic acids is 1. The van der Waals surface area contributed by atoms with Crippen molar-refractivity contribution in [1.82, 2.24) is 5.32 Å². The number of nitrogens with one attached hydrogen (secondary N) is 1. The first-order valence-corrected chi connectivity index (χ1v) is 5.75. The molecule has 0 unspecified atom stereocenters. The van der Waals surface area contributed by atoms with E-state index in [4.69, 9.17) is 5.73 Å². The zero-order valence-corrected chi connectivity index (χ0v) is 11.3. The summed E-state index contributed by atoms with van der Waals surface area (Å²) < 4.78 is 26.8. The van der Waals surface area contributed by atoms with Crippen molar-refractivity contribution in [3.05, 3.63) is 29.3 Å². The number of halogens is 2. The Morgan fingerprint density at radius 1 is 1.26 bits per heavy atom. The summed E-state index contributed by atoms with van der Waals surface area (Å²) in [7, 11) is 0. The molecule has 0 radical (unpaired) electrons. The molecule has 0 bridgehead atoms. The molecular weight excluding hydrogens is 254 g/mol. The average molecular weight is 272 g/mol. The number of benzene rings is 1. The van der Waals surface area contributed by atoms with E-state index < -0.39 is 39.9 Å². The number of aliphatic hydroxyl groups is 1. The van der Waals surface area contributed by atoms with Gasteiger partial charge in [-0.2, -0.15) is 0 Å². The Bertz CT molecular complexity index is 508. The van der Waals surface area contributed by atoms with Crippen molar-refractivity contribution >= 4 is 11.6 Å².